The highest BCUT2D eigenvalue weighted by Gasteiger charge is 2.29. The Balaban J connectivity index is 1.87. The van der Waals surface area contributed by atoms with Gasteiger partial charge in [0.15, 0.2) is 0 Å². The lowest BCUT2D eigenvalue weighted by Gasteiger charge is -2.24. The Morgan fingerprint density at radius 3 is 2.50 bits per heavy atom. The summed E-state index contributed by atoms with van der Waals surface area (Å²) in [5.74, 6) is -0.388. The van der Waals surface area contributed by atoms with Crippen molar-refractivity contribution in [1.29, 1.82) is 0 Å². The first kappa shape index (κ1) is 20.1. The number of anilines is 1. The molecule has 0 aliphatic heterocycles. The van der Waals surface area contributed by atoms with Gasteiger partial charge in [0.1, 0.15) is 0 Å². The molecule has 1 unspecified atom stereocenters. The maximum absolute atomic E-state index is 12.4. The molecule has 2 aromatic carbocycles. The van der Waals surface area contributed by atoms with Crippen LogP contribution in [-0.2, 0) is 9.53 Å². The molecule has 1 atom stereocenters. The van der Waals surface area contributed by atoms with E-state index in [9.17, 15) is 4.79 Å². The van der Waals surface area contributed by atoms with E-state index in [1.165, 1.54) is 0 Å². The van der Waals surface area contributed by atoms with Crippen LogP contribution in [0.5, 0.6) is 0 Å². The zero-order valence-corrected chi connectivity index (χ0v) is 17.4. The van der Waals surface area contributed by atoms with Crippen molar-refractivity contribution in [2.75, 3.05) is 11.9 Å². The largest absolute Gasteiger partial charge is 0.466 e. The maximum atomic E-state index is 12.4. The number of aliphatic imine (C=N–C) groups is 1. The molecule has 4 nitrogen and oxygen atoms in total. The predicted molar refractivity (Wildman–Crippen MR) is 118 cm³/mol. The van der Waals surface area contributed by atoms with E-state index in [2.05, 4.69) is 26.2 Å². The topological polar surface area (TPSA) is 50.7 Å². The number of hydrogen-bond acceptors (Lipinski definition) is 4. The summed E-state index contributed by atoms with van der Waals surface area (Å²) in [4.78, 5) is 17.0. The molecule has 0 radical (unpaired) electrons. The molecule has 144 valence electrons. The standard InChI is InChI=1S/C23H23BrN2O2/c1-2-28-23(27)17-13-18(15-25-20-9-5-3-6-10-20)22(24)19(14-17)16-26-21-11-7-4-8-12-21/h3-12,15-17,25H,2,13-14H2,1H3/b18-15+,26-16+. The summed E-state index contributed by atoms with van der Waals surface area (Å²) in [5.41, 5.74) is 3.87. The molecule has 1 N–H and O–H groups in total. The summed E-state index contributed by atoms with van der Waals surface area (Å²) in [6.45, 7) is 2.22. The van der Waals surface area contributed by atoms with E-state index in [1.54, 1.807) is 0 Å². The van der Waals surface area contributed by atoms with Gasteiger partial charge in [0.05, 0.1) is 18.2 Å². The molecule has 0 heterocycles. The van der Waals surface area contributed by atoms with E-state index >= 15 is 0 Å². The molecule has 3 rings (SSSR count). The average molecular weight is 439 g/mol. The zero-order valence-electron chi connectivity index (χ0n) is 15.8. The fourth-order valence-corrected chi connectivity index (χ4v) is 3.56. The third-order valence-electron chi connectivity index (χ3n) is 4.43. The summed E-state index contributed by atoms with van der Waals surface area (Å²) >= 11 is 3.71. The number of esters is 1. The number of para-hydroxylation sites is 2. The second-order valence-corrected chi connectivity index (χ2v) is 7.26. The van der Waals surface area contributed by atoms with E-state index in [4.69, 9.17) is 4.74 Å². The van der Waals surface area contributed by atoms with Crippen LogP contribution in [0, 0.1) is 5.92 Å². The van der Waals surface area contributed by atoms with Gasteiger partial charge in [-0.25, -0.2) is 0 Å². The van der Waals surface area contributed by atoms with Crippen LogP contribution in [-0.4, -0.2) is 18.8 Å². The van der Waals surface area contributed by atoms with Crippen molar-refractivity contribution in [3.63, 3.8) is 0 Å². The lowest BCUT2D eigenvalue weighted by molar-refractivity contribution is -0.147. The van der Waals surface area contributed by atoms with Crippen molar-refractivity contribution in [3.8, 4) is 0 Å². The van der Waals surface area contributed by atoms with Crippen LogP contribution in [0.3, 0.4) is 0 Å². The fourth-order valence-electron chi connectivity index (χ4n) is 3.02. The van der Waals surface area contributed by atoms with Crippen molar-refractivity contribution >= 4 is 39.5 Å². The van der Waals surface area contributed by atoms with Gasteiger partial charge in [-0.2, -0.15) is 0 Å². The van der Waals surface area contributed by atoms with E-state index in [0.717, 1.165) is 27.0 Å². The van der Waals surface area contributed by atoms with Crippen molar-refractivity contribution in [2.45, 2.75) is 19.8 Å². The number of allylic oxidation sites excluding steroid dienone is 3. The van der Waals surface area contributed by atoms with E-state index in [1.807, 2.05) is 80.0 Å². The van der Waals surface area contributed by atoms with Crippen LogP contribution in [0.25, 0.3) is 0 Å². The lowest BCUT2D eigenvalue weighted by atomic mass is 9.86. The highest BCUT2D eigenvalue weighted by Crippen LogP contribution is 2.37. The lowest BCUT2D eigenvalue weighted by Crippen LogP contribution is -2.23. The molecular formula is C23H23BrN2O2. The first-order valence-electron chi connectivity index (χ1n) is 9.32. The monoisotopic (exact) mass is 438 g/mol. The van der Waals surface area contributed by atoms with Gasteiger partial charge in [-0.05, 0) is 55.2 Å². The Morgan fingerprint density at radius 1 is 1.14 bits per heavy atom. The summed E-state index contributed by atoms with van der Waals surface area (Å²) < 4.78 is 6.24. The summed E-state index contributed by atoms with van der Waals surface area (Å²) in [6, 6.07) is 19.7. The van der Waals surface area contributed by atoms with Crippen molar-refractivity contribution in [1.82, 2.24) is 0 Å². The number of halogens is 1. The van der Waals surface area contributed by atoms with E-state index in [-0.39, 0.29) is 11.9 Å². The molecular weight excluding hydrogens is 416 g/mol. The van der Waals surface area contributed by atoms with Crippen LogP contribution in [0.4, 0.5) is 11.4 Å². The van der Waals surface area contributed by atoms with Crippen molar-refractivity contribution in [3.05, 3.63) is 82.5 Å². The molecule has 0 spiro atoms. The number of carbonyl (C=O) groups excluding carboxylic acids is 1. The van der Waals surface area contributed by atoms with Gasteiger partial charge in [0, 0.05) is 22.6 Å². The Kier molecular flexibility index (Phi) is 7.20. The Bertz CT molecular complexity index is 889. The number of carbonyl (C=O) groups is 1. The number of benzene rings is 2. The first-order valence-corrected chi connectivity index (χ1v) is 10.1. The minimum absolute atomic E-state index is 0.168. The minimum Gasteiger partial charge on any atom is -0.466 e. The second kappa shape index (κ2) is 10.0. The number of ether oxygens (including phenoxy) is 1. The average Bonchev–Trinajstić information content (AvgIpc) is 2.73. The maximum Gasteiger partial charge on any atom is 0.309 e. The van der Waals surface area contributed by atoms with E-state index in [0.29, 0.717) is 19.4 Å². The molecule has 5 heteroatoms. The Morgan fingerprint density at radius 2 is 1.82 bits per heavy atom. The smallest absolute Gasteiger partial charge is 0.309 e. The molecule has 0 saturated heterocycles. The van der Waals surface area contributed by atoms with Crippen LogP contribution in [0.2, 0.25) is 0 Å². The third kappa shape index (κ3) is 5.42. The molecule has 0 saturated carbocycles. The SMILES string of the molecule is CCOC(=O)C1CC(/C=N/c2ccccc2)=C(Br)C(=C/Nc2ccccc2)/C1. The Hall–Kier alpha value is -2.66. The summed E-state index contributed by atoms with van der Waals surface area (Å²) in [5, 5.41) is 3.31. The van der Waals surface area contributed by atoms with Crippen LogP contribution in [0.15, 0.2) is 87.5 Å². The Labute approximate surface area is 174 Å². The van der Waals surface area contributed by atoms with Crippen LogP contribution >= 0.6 is 15.9 Å². The third-order valence-corrected chi connectivity index (χ3v) is 5.45. The van der Waals surface area contributed by atoms with Gasteiger partial charge >= 0.3 is 5.97 Å². The van der Waals surface area contributed by atoms with Gasteiger partial charge in [-0.15, -0.1) is 0 Å². The number of nitrogens with zero attached hydrogens (tertiary/aromatic N) is 1. The van der Waals surface area contributed by atoms with Crippen molar-refractivity contribution in [2.24, 2.45) is 10.9 Å². The molecule has 0 bridgehead atoms. The van der Waals surface area contributed by atoms with Gasteiger partial charge in [0.2, 0.25) is 0 Å². The summed E-state index contributed by atoms with van der Waals surface area (Å²) in [6.07, 6.45) is 4.99. The molecule has 0 amide bonds. The molecule has 28 heavy (non-hydrogen) atoms. The molecule has 0 aromatic heterocycles. The van der Waals surface area contributed by atoms with Gasteiger partial charge in [-0.3, -0.25) is 9.79 Å². The number of hydrogen-bond donors (Lipinski definition) is 1. The summed E-state index contributed by atoms with van der Waals surface area (Å²) in [7, 11) is 0. The molecule has 2 aromatic rings. The van der Waals surface area contributed by atoms with Crippen LogP contribution < -0.4 is 5.32 Å². The number of nitrogens with one attached hydrogen (secondary N) is 1. The highest BCUT2D eigenvalue weighted by molar-refractivity contribution is 9.12. The van der Waals surface area contributed by atoms with Crippen molar-refractivity contribution < 1.29 is 9.53 Å². The fraction of sp³-hybridized carbons (Fsp3) is 0.217. The highest BCUT2D eigenvalue weighted by atomic mass is 79.9. The molecule has 0 fully saturated rings. The number of rotatable bonds is 6. The zero-order chi connectivity index (χ0) is 19.8. The van der Waals surface area contributed by atoms with Gasteiger partial charge in [0.25, 0.3) is 0 Å². The quantitative estimate of drug-likeness (QED) is 0.443. The van der Waals surface area contributed by atoms with Gasteiger partial charge in [-0.1, -0.05) is 52.3 Å². The first-order chi connectivity index (χ1) is 13.7. The molecule has 1 aliphatic carbocycles. The van der Waals surface area contributed by atoms with Gasteiger partial charge < -0.3 is 10.1 Å². The van der Waals surface area contributed by atoms with E-state index < -0.39 is 0 Å². The minimum atomic E-state index is -0.220. The van der Waals surface area contributed by atoms with Crippen LogP contribution in [0.1, 0.15) is 19.8 Å². The second-order valence-electron chi connectivity index (χ2n) is 6.47. The molecule has 1 aliphatic rings. The predicted octanol–water partition coefficient (Wildman–Crippen LogP) is 6.01. The normalized spacial score (nSPS) is 18.5.